The Labute approximate surface area is 219 Å². The molecule has 2 heterocycles. The number of nitrogens with one attached hydrogen (secondary N) is 2. The maximum Gasteiger partial charge on any atom is 0.245 e. The lowest BCUT2D eigenvalue weighted by Crippen LogP contribution is -2.41. The zero-order valence-electron chi connectivity index (χ0n) is 20.9. The Morgan fingerprint density at radius 3 is 2.73 bits per heavy atom. The minimum Gasteiger partial charge on any atom is -0.389 e. The highest BCUT2D eigenvalue weighted by Crippen LogP contribution is 2.34. The SMILES string of the molecule is COCCS(=O)(=O)C(C(=O)NCC(=O)NC1CC1)c1nc2ccc(-c3cnn(CC(C)(C)O)c3)cc2s1. The van der Waals surface area contributed by atoms with E-state index >= 15 is 0 Å². The zero-order chi connectivity index (χ0) is 26.8. The fourth-order valence-electron chi connectivity index (χ4n) is 3.74. The van der Waals surface area contributed by atoms with E-state index in [2.05, 4.69) is 20.7 Å². The molecule has 0 aliphatic heterocycles. The number of amides is 2. The number of thiazole rings is 1. The van der Waals surface area contributed by atoms with Crippen LogP contribution in [0.1, 0.15) is 36.9 Å². The summed E-state index contributed by atoms with van der Waals surface area (Å²) in [4.78, 5) is 29.6. The molecule has 0 spiro atoms. The number of nitrogens with zero attached hydrogens (tertiary/aromatic N) is 3. The summed E-state index contributed by atoms with van der Waals surface area (Å²) in [5.41, 5.74) is 1.30. The van der Waals surface area contributed by atoms with E-state index in [1.165, 1.54) is 7.11 Å². The summed E-state index contributed by atoms with van der Waals surface area (Å²) in [6, 6.07) is 5.60. The Morgan fingerprint density at radius 2 is 2.05 bits per heavy atom. The van der Waals surface area contributed by atoms with Crippen molar-refractivity contribution in [3.8, 4) is 11.1 Å². The number of aliphatic hydroxyl groups is 1. The molecule has 0 saturated heterocycles. The van der Waals surface area contributed by atoms with Crippen molar-refractivity contribution >= 4 is 43.2 Å². The van der Waals surface area contributed by atoms with Gasteiger partial charge in [0.05, 0.1) is 47.5 Å². The van der Waals surface area contributed by atoms with Gasteiger partial charge in [0, 0.05) is 24.9 Å². The zero-order valence-corrected chi connectivity index (χ0v) is 22.6. The van der Waals surface area contributed by atoms with Crippen molar-refractivity contribution in [3.05, 3.63) is 35.6 Å². The summed E-state index contributed by atoms with van der Waals surface area (Å²) < 4.78 is 33.6. The number of benzene rings is 1. The van der Waals surface area contributed by atoms with Crippen LogP contribution >= 0.6 is 11.3 Å². The van der Waals surface area contributed by atoms with Crippen molar-refractivity contribution in [3.63, 3.8) is 0 Å². The third-order valence-electron chi connectivity index (χ3n) is 5.68. The van der Waals surface area contributed by atoms with E-state index in [0.29, 0.717) is 16.8 Å². The molecule has 3 N–H and O–H groups in total. The summed E-state index contributed by atoms with van der Waals surface area (Å²) in [6.45, 7) is 3.35. The fraction of sp³-hybridized carbons (Fsp3) is 0.500. The summed E-state index contributed by atoms with van der Waals surface area (Å²) >= 11 is 1.11. The second-order valence-corrected chi connectivity index (χ2v) is 13.0. The van der Waals surface area contributed by atoms with Gasteiger partial charge in [-0.25, -0.2) is 13.4 Å². The molecule has 13 heteroatoms. The molecule has 0 bridgehead atoms. The molecule has 1 unspecified atom stereocenters. The van der Waals surface area contributed by atoms with Gasteiger partial charge in [-0.05, 0) is 44.4 Å². The topological polar surface area (TPSA) is 153 Å². The molecule has 3 aromatic rings. The highest BCUT2D eigenvalue weighted by Gasteiger charge is 2.37. The number of rotatable bonds is 12. The second-order valence-electron chi connectivity index (χ2n) is 9.77. The predicted octanol–water partition coefficient (Wildman–Crippen LogP) is 1.43. The second kappa shape index (κ2) is 10.9. The van der Waals surface area contributed by atoms with Crippen LogP contribution in [0.4, 0.5) is 0 Å². The number of hydrogen-bond donors (Lipinski definition) is 3. The molecule has 1 aliphatic carbocycles. The van der Waals surface area contributed by atoms with E-state index in [9.17, 15) is 23.1 Å². The molecule has 2 aromatic heterocycles. The summed E-state index contributed by atoms with van der Waals surface area (Å²) in [5.74, 6) is -1.52. The average Bonchev–Trinajstić information content (AvgIpc) is 3.34. The first-order chi connectivity index (χ1) is 17.4. The van der Waals surface area contributed by atoms with Gasteiger partial charge < -0.3 is 20.5 Å². The molecular formula is C24H31N5O6S2. The molecular weight excluding hydrogens is 518 g/mol. The summed E-state index contributed by atoms with van der Waals surface area (Å²) in [7, 11) is -2.59. The average molecular weight is 550 g/mol. The lowest BCUT2D eigenvalue weighted by atomic mass is 10.1. The van der Waals surface area contributed by atoms with E-state index in [1.54, 1.807) is 30.8 Å². The van der Waals surface area contributed by atoms with Crippen LogP contribution in [0.2, 0.25) is 0 Å². The van der Waals surface area contributed by atoms with Crippen molar-refractivity contribution in [2.75, 3.05) is 26.0 Å². The Bertz CT molecular complexity index is 1390. The molecule has 200 valence electrons. The molecule has 1 saturated carbocycles. The van der Waals surface area contributed by atoms with Crippen LogP contribution in [0.25, 0.3) is 21.3 Å². The Balaban J connectivity index is 1.60. The van der Waals surface area contributed by atoms with Gasteiger partial charge in [-0.15, -0.1) is 11.3 Å². The van der Waals surface area contributed by atoms with Crippen LogP contribution in [0, 0.1) is 0 Å². The summed E-state index contributed by atoms with van der Waals surface area (Å²) in [6.07, 6.45) is 5.31. The predicted molar refractivity (Wildman–Crippen MR) is 140 cm³/mol. The van der Waals surface area contributed by atoms with E-state index in [4.69, 9.17) is 4.74 Å². The molecule has 1 fully saturated rings. The normalized spacial score (nSPS) is 15.0. The molecule has 11 nitrogen and oxygen atoms in total. The van der Waals surface area contributed by atoms with Crippen LogP contribution < -0.4 is 10.6 Å². The lowest BCUT2D eigenvalue weighted by Gasteiger charge is -2.16. The lowest BCUT2D eigenvalue weighted by molar-refractivity contribution is -0.126. The third kappa shape index (κ3) is 7.12. The van der Waals surface area contributed by atoms with E-state index in [0.717, 1.165) is 35.3 Å². The van der Waals surface area contributed by atoms with Crippen LogP contribution in [0.3, 0.4) is 0 Å². The first kappa shape index (κ1) is 27.2. The molecule has 1 aromatic carbocycles. The molecule has 37 heavy (non-hydrogen) atoms. The number of fused-ring (bicyclic) bond motifs is 1. The number of ether oxygens (including phenoxy) is 1. The van der Waals surface area contributed by atoms with Gasteiger partial charge in [-0.1, -0.05) is 6.07 Å². The third-order valence-corrected chi connectivity index (χ3v) is 8.80. The first-order valence-electron chi connectivity index (χ1n) is 11.9. The Hall–Kier alpha value is -2.87. The first-order valence-corrected chi connectivity index (χ1v) is 14.4. The van der Waals surface area contributed by atoms with Gasteiger partial charge in [0.1, 0.15) is 5.01 Å². The fourth-order valence-corrected chi connectivity index (χ4v) is 6.72. The quantitative estimate of drug-likeness (QED) is 0.307. The Kier molecular flexibility index (Phi) is 7.97. The van der Waals surface area contributed by atoms with Crippen LogP contribution in [0.15, 0.2) is 30.6 Å². The van der Waals surface area contributed by atoms with Gasteiger partial charge in [0.15, 0.2) is 15.1 Å². The number of carbonyl (C=O) groups excluding carboxylic acids is 2. The minimum atomic E-state index is -3.98. The van der Waals surface area contributed by atoms with Gasteiger partial charge in [0.2, 0.25) is 11.8 Å². The standard InChI is InChI=1S/C24H31N5O6S2/c1-24(2,32)14-29-13-16(11-26-29)15-4-7-18-19(10-15)36-23(28-18)21(37(33,34)9-8-35-3)22(31)25-12-20(30)27-17-5-6-17/h4,7,10-11,13,17,21,32H,5-6,8-9,12,14H2,1-3H3,(H,25,31)(H,27,30). The monoisotopic (exact) mass is 549 g/mol. The number of hydrogen-bond acceptors (Lipinski definition) is 9. The molecule has 1 aliphatic rings. The Morgan fingerprint density at radius 1 is 1.30 bits per heavy atom. The van der Waals surface area contributed by atoms with Crippen molar-refractivity contribution in [1.82, 2.24) is 25.4 Å². The van der Waals surface area contributed by atoms with E-state index in [1.807, 2.05) is 18.3 Å². The van der Waals surface area contributed by atoms with Crippen LogP contribution in [0.5, 0.6) is 0 Å². The molecule has 0 radical (unpaired) electrons. The van der Waals surface area contributed by atoms with Crippen molar-refractivity contribution in [2.24, 2.45) is 0 Å². The maximum absolute atomic E-state index is 13.1. The smallest absolute Gasteiger partial charge is 0.245 e. The highest BCUT2D eigenvalue weighted by atomic mass is 32.2. The van der Waals surface area contributed by atoms with Gasteiger partial charge in [0.25, 0.3) is 0 Å². The number of carbonyl (C=O) groups is 2. The van der Waals surface area contributed by atoms with Gasteiger partial charge in [-0.2, -0.15) is 5.10 Å². The molecule has 2 amide bonds. The number of aromatic nitrogens is 3. The van der Waals surface area contributed by atoms with E-state index < -0.39 is 26.6 Å². The van der Waals surface area contributed by atoms with Gasteiger partial charge in [-0.3, -0.25) is 14.3 Å². The minimum absolute atomic E-state index is 0.0715. The number of methoxy groups -OCH3 is 1. The van der Waals surface area contributed by atoms with E-state index in [-0.39, 0.29) is 35.9 Å². The maximum atomic E-state index is 13.1. The van der Waals surface area contributed by atoms with Crippen LogP contribution in [-0.4, -0.2) is 77.8 Å². The largest absolute Gasteiger partial charge is 0.389 e. The van der Waals surface area contributed by atoms with Crippen LogP contribution in [-0.2, 0) is 30.7 Å². The van der Waals surface area contributed by atoms with Crippen molar-refractivity contribution in [2.45, 2.75) is 50.1 Å². The van der Waals surface area contributed by atoms with Crippen molar-refractivity contribution < 1.29 is 27.9 Å². The highest BCUT2D eigenvalue weighted by molar-refractivity contribution is 7.92. The molecule has 1 atom stereocenters. The van der Waals surface area contributed by atoms with Crippen molar-refractivity contribution in [1.29, 1.82) is 0 Å². The van der Waals surface area contributed by atoms with Gasteiger partial charge >= 0.3 is 0 Å². The number of sulfone groups is 1. The summed E-state index contributed by atoms with van der Waals surface area (Å²) in [5, 5.41) is 18.1. The molecule has 4 rings (SSSR count).